The molecule has 1 aromatic carbocycles. The predicted molar refractivity (Wildman–Crippen MR) is 101 cm³/mol. The number of methoxy groups -OCH3 is 1. The molecule has 0 radical (unpaired) electrons. The summed E-state index contributed by atoms with van der Waals surface area (Å²) in [7, 11) is 1.77. The molecule has 3 heteroatoms. The van der Waals surface area contributed by atoms with Crippen LogP contribution in [0.5, 0.6) is 0 Å². The summed E-state index contributed by atoms with van der Waals surface area (Å²) in [6, 6.07) is 9.89. The fraction of sp³-hybridized carbons (Fsp3) is 0.636. The lowest BCUT2D eigenvalue weighted by molar-refractivity contribution is -0.0965. The summed E-state index contributed by atoms with van der Waals surface area (Å²) in [5.41, 5.74) is -0.621. The molecule has 0 aromatic heterocycles. The van der Waals surface area contributed by atoms with Crippen LogP contribution in [0.25, 0.3) is 0 Å². The number of ether oxygens (including phenoxy) is 1. The Labute approximate surface area is 152 Å². The van der Waals surface area contributed by atoms with Gasteiger partial charge in [-0.3, -0.25) is 4.90 Å². The first-order valence-electron chi connectivity index (χ1n) is 9.71. The molecule has 1 aromatic rings. The first-order chi connectivity index (χ1) is 12.1. The molecular formula is C22H31NO2. The van der Waals surface area contributed by atoms with Crippen molar-refractivity contribution >= 4 is 0 Å². The van der Waals surface area contributed by atoms with Crippen molar-refractivity contribution in [2.24, 2.45) is 5.92 Å². The predicted octanol–water partition coefficient (Wildman–Crippen LogP) is 3.57. The van der Waals surface area contributed by atoms with Gasteiger partial charge in [0.25, 0.3) is 0 Å². The summed E-state index contributed by atoms with van der Waals surface area (Å²) in [6.07, 6.45) is 6.18. The van der Waals surface area contributed by atoms with Gasteiger partial charge in [-0.05, 0) is 44.3 Å². The van der Waals surface area contributed by atoms with Crippen molar-refractivity contribution in [1.29, 1.82) is 0 Å². The minimum absolute atomic E-state index is 0.427. The standard InChI is InChI=1S/C22H31NO2/c1-3-4-8-13-21(24,19-9-6-5-7-10-19)14-15-22(25-2)18-23-16-11-20(22)12-17-23/h5-7,9-10,20,24H,3-4,8,11-13,16-18H2,1-2H3. The van der Waals surface area contributed by atoms with E-state index >= 15 is 0 Å². The largest absolute Gasteiger partial charge is 0.373 e. The highest BCUT2D eigenvalue weighted by Crippen LogP contribution is 2.38. The van der Waals surface area contributed by atoms with E-state index in [-0.39, 0.29) is 0 Å². The van der Waals surface area contributed by atoms with E-state index < -0.39 is 11.2 Å². The molecule has 2 unspecified atom stereocenters. The second-order valence-electron chi connectivity index (χ2n) is 7.58. The molecule has 3 nitrogen and oxygen atoms in total. The van der Waals surface area contributed by atoms with E-state index in [0.717, 1.165) is 57.3 Å². The SMILES string of the molecule is CCCCCC(O)(C#CC1(OC)CN2CCC1CC2)c1ccccc1. The zero-order chi connectivity index (χ0) is 17.8. The Bertz CT molecular complexity index is 612. The summed E-state index contributed by atoms with van der Waals surface area (Å²) in [5.74, 6) is 7.17. The van der Waals surface area contributed by atoms with E-state index in [1.807, 2.05) is 30.3 Å². The Morgan fingerprint density at radius 1 is 1.24 bits per heavy atom. The van der Waals surface area contributed by atoms with Gasteiger partial charge in [0.15, 0.2) is 5.60 Å². The smallest absolute Gasteiger partial charge is 0.151 e. The second kappa shape index (κ2) is 7.91. The molecule has 3 saturated heterocycles. The van der Waals surface area contributed by atoms with Crippen molar-refractivity contribution in [2.45, 2.75) is 56.7 Å². The third-order valence-electron chi connectivity index (χ3n) is 5.94. The first-order valence-corrected chi connectivity index (χ1v) is 9.71. The first kappa shape index (κ1) is 18.5. The summed E-state index contributed by atoms with van der Waals surface area (Å²) >= 11 is 0. The highest BCUT2D eigenvalue weighted by molar-refractivity contribution is 5.34. The van der Waals surface area contributed by atoms with E-state index in [4.69, 9.17) is 4.74 Å². The van der Waals surface area contributed by atoms with Crippen LogP contribution in [0.1, 0.15) is 51.0 Å². The lowest BCUT2D eigenvalue weighted by Gasteiger charge is -2.49. The van der Waals surface area contributed by atoms with Gasteiger partial charge in [0, 0.05) is 19.6 Å². The molecule has 2 bridgehead atoms. The Kier molecular flexibility index (Phi) is 5.84. The molecule has 0 spiro atoms. The third kappa shape index (κ3) is 3.92. The van der Waals surface area contributed by atoms with Crippen LogP contribution in [0.3, 0.4) is 0 Å². The lowest BCUT2D eigenvalue weighted by Crippen LogP contribution is -2.59. The molecule has 4 rings (SSSR count). The maximum atomic E-state index is 11.4. The van der Waals surface area contributed by atoms with Gasteiger partial charge < -0.3 is 9.84 Å². The summed E-state index contributed by atoms with van der Waals surface area (Å²) in [4.78, 5) is 2.44. The van der Waals surface area contributed by atoms with Crippen LogP contribution < -0.4 is 0 Å². The molecule has 0 amide bonds. The van der Waals surface area contributed by atoms with Crippen molar-refractivity contribution in [2.75, 3.05) is 26.7 Å². The van der Waals surface area contributed by atoms with Crippen LogP contribution in [0.2, 0.25) is 0 Å². The number of hydrogen-bond acceptors (Lipinski definition) is 3. The normalized spacial score (nSPS) is 30.4. The lowest BCUT2D eigenvalue weighted by atomic mass is 9.75. The number of hydrogen-bond donors (Lipinski definition) is 1. The molecule has 3 aliphatic rings. The van der Waals surface area contributed by atoms with Gasteiger partial charge in [-0.15, -0.1) is 0 Å². The maximum Gasteiger partial charge on any atom is 0.151 e. The molecular weight excluding hydrogens is 310 g/mol. The molecule has 0 aliphatic carbocycles. The average molecular weight is 341 g/mol. The van der Waals surface area contributed by atoms with E-state index in [0.29, 0.717) is 12.3 Å². The van der Waals surface area contributed by atoms with E-state index in [1.165, 1.54) is 0 Å². The fourth-order valence-electron chi connectivity index (χ4n) is 4.28. The Balaban J connectivity index is 1.88. The average Bonchev–Trinajstić information content (AvgIpc) is 2.68. The van der Waals surface area contributed by atoms with Crippen molar-refractivity contribution < 1.29 is 9.84 Å². The molecule has 2 atom stereocenters. The van der Waals surface area contributed by atoms with Crippen LogP contribution in [0.15, 0.2) is 30.3 Å². The summed E-state index contributed by atoms with van der Waals surface area (Å²) < 4.78 is 5.94. The summed E-state index contributed by atoms with van der Waals surface area (Å²) in [5, 5.41) is 11.4. The molecule has 3 aliphatic heterocycles. The number of unbranched alkanes of at least 4 members (excludes halogenated alkanes) is 2. The number of nitrogens with zero attached hydrogens (tertiary/aromatic N) is 1. The van der Waals surface area contributed by atoms with Gasteiger partial charge in [-0.1, -0.05) is 61.9 Å². The minimum Gasteiger partial charge on any atom is -0.373 e. The van der Waals surface area contributed by atoms with Crippen molar-refractivity contribution in [3.63, 3.8) is 0 Å². The molecule has 25 heavy (non-hydrogen) atoms. The van der Waals surface area contributed by atoms with Gasteiger partial charge in [0.2, 0.25) is 0 Å². The van der Waals surface area contributed by atoms with Crippen molar-refractivity contribution in [3.8, 4) is 11.8 Å². The van der Waals surface area contributed by atoms with E-state index in [9.17, 15) is 5.11 Å². The third-order valence-corrected chi connectivity index (χ3v) is 5.94. The number of rotatable bonds is 6. The van der Waals surface area contributed by atoms with Crippen LogP contribution in [0, 0.1) is 17.8 Å². The van der Waals surface area contributed by atoms with Gasteiger partial charge in [-0.25, -0.2) is 0 Å². The van der Waals surface area contributed by atoms with Gasteiger partial charge >= 0.3 is 0 Å². The zero-order valence-corrected chi connectivity index (χ0v) is 15.6. The number of fused-ring (bicyclic) bond motifs is 3. The molecule has 3 fully saturated rings. The Morgan fingerprint density at radius 2 is 1.96 bits per heavy atom. The van der Waals surface area contributed by atoms with E-state index in [1.54, 1.807) is 7.11 Å². The van der Waals surface area contributed by atoms with Gasteiger partial charge in [-0.2, -0.15) is 0 Å². The molecule has 136 valence electrons. The fourth-order valence-corrected chi connectivity index (χ4v) is 4.28. The molecule has 0 saturated carbocycles. The Hall–Kier alpha value is -1.34. The van der Waals surface area contributed by atoms with Crippen LogP contribution in [0.4, 0.5) is 0 Å². The zero-order valence-electron chi connectivity index (χ0n) is 15.6. The monoisotopic (exact) mass is 341 g/mol. The van der Waals surface area contributed by atoms with E-state index in [2.05, 4.69) is 23.7 Å². The van der Waals surface area contributed by atoms with Crippen molar-refractivity contribution in [1.82, 2.24) is 4.90 Å². The highest BCUT2D eigenvalue weighted by Gasteiger charge is 2.46. The van der Waals surface area contributed by atoms with Crippen LogP contribution in [-0.4, -0.2) is 42.4 Å². The maximum absolute atomic E-state index is 11.4. The molecule has 3 heterocycles. The second-order valence-corrected chi connectivity index (χ2v) is 7.58. The quantitative estimate of drug-likeness (QED) is 0.634. The summed E-state index contributed by atoms with van der Waals surface area (Å²) in [6.45, 7) is 5.34. The highest BCUT2D eigenvalue weighted by atomic mass is 16.5. The molecule has 1 N–H and O–H groups in total. The van der Waals surface area contributed by atoms with Gasteiger partial charge in [0.05, 0.1) is 0 Å². The Morgan fingerprint density at radius 3 is 2.52 bits per heavy atom. The van der Waals surface area contributed by atoms with Crippen LogP contribution >= 0.6 is 0 Å². The van der Waals surface area contributed by atoms with Crippen LogP contribution in [-0.2, 0) is 10.3 Å². The topological polar surface area (TPSA) is 32.7 Å². The van der Waals surface area contributed by atoms with Gasteiger partial charge in [0.1, 0.15) is 5.60 Å². The number of piperidine rings is 3. The minimum atomic E-state index is -1.09. The van der Waals surface area contributed by atoms with Crippen molar-refractivity contribution in [3.05, 3.63) is 35.9 Å². The number of benzene rings is 1. The number of aliphatic hydroxyl groups is 1.